The van der Waals surface area contributed by atoms with Crippen molar-refractivity contribution in [1.82, 2.24) is 15.5 Å². The minimum atomic E-state index is -0.813. The molecule has 1 spiro atoms. The van der Waals surface area contributed by atoms with Crippen molar-refractivity contribution in [3.63, 3.8) is 0 Å². The highest BCUT2D eigenvalue weighted by Crippen LogP contribution is 2.38. The maximum absolute atomic E-state index is 12.8. The molecular weight excluding hydrogens is 318 g/mol. The van der Waals surface area contributed by atoms with E-state index in [1.165, 1.54) is 0 Å². The van der Waals surface area contributed by atoms with Gasteiger partial charge in [0, 0.05) is 6.54 Å². The third kappa shape index (κ3) is 3.38. The van der Waals surface area contributed by atoms with Crippen molar-refractivity contribution in [2.24, 2.45) is 5.92 Å². The molecule has 134 valence electrons. The van der Waals surface area contributed by atoms with Gasteiger partial charge >= 0.3 is 6.03 Å². The lowest BCUT2D eigenvalue weighted by atomic mass is 9.73. The number of rotatable bonds is 4. The highest BCUT2D eigenvalue weighted by molar-refractivity contribution is 6.09. The molecule has 0 bridgehead atoms. The third-order valence-corrected chi connectivity index (χ3v) is 5.41. The first-order valence-corrected chi connectivity index (χ1v) is 8.89. The Bertz CT molecular complexity index is 686. The van der Waals surface area contributed by atoms with Gasteiger partial charge in [-0.1, -0.05) is 49.6 Å². The largest absolute Gasteiger partial charge is 0.350 e. The second-order valence-electron chi connectivity index (χ2n) is 7.20. The fourth-order valence-electron chi connectivity index (χ4n) is 3.75. The average molecular weight is 343 g/mol. The van der Waals surface area contributed by atoms with Crippen molar-refractivity contribution in [3.8, 4) is 0 Å². The van der Waals surface area contributed by atoms with E-state index in [0.29, 0.717) is 13.0 Å². The molecule has 0 radical (unpaired) electrons. The molecule has 25 heavy (non-hydrogen) atoms. The van der Waals surface area contributed by atoms with Crippen LogP contribution < -0.4 is 10.6 Å². The molecule has 6 heteroatoms. The highest BCUT2D eigenvalue weighted by Gasteiger charge is 2.55. The number of urea groups is 1. The van der Waals surface area contributed by atoms with Gasteiger partial charge in [-0.05, 0) is 31.2 Å². The van der Waals surface area contributed by atoms with Crippen molar-refractivity contribution >= 4 is 17.8 Å². The van der Waals surface area contributed by atoms with E-state index in [0.717, 1.165) is 35.3 Å². The fraction of sp³-hybridized carbons (Fsp3) is 0.526. The van der Waals surface area contributed by atoms with E-state index in [1.54, 1.807) is 0 Å². The smallest absolute Gasteiger partial charge is 0.325 e. The first-order chi connectivity index (χ1) is 11.9. The maximum Gasteiger partial charge on any atom is 0.325 e. The van der Waals surface area contributed by atoms with Crippen LogP contribution in [0.4, 0.5) is 4.79 Å². The van der Waals surface area contributed by atoms with Crippen LogP contribution in [-0.4, -0.2) is 34.8 Å². The molecule has 1 aromatic rings. The summed E-state index contributed by atoms with van der Waals surface area (Å²) in [6.45, 7) is 4.15. The van der Waals surface area contributed by atoms with Crippen LogP contribution in [0.15, 0.2) is 24.3 Å². The highest BCUT2D eigenvalue weighted by atomic mass is 16.2. The molecule has 0 unspecified atom stereocenters. The van der Waals surface area contributed by atoms with Gasteiger partial charge in [-0.25, -0.2) is 4.79 Å². The number of nitrogens with zero attached hydrogens (tertiary/aromatic N) is 1. The van der Waals surface area contributed by atoms with Crippen molar-refractivity contribution in [2.45, 2.75) is 51.6 Å². The standard InChI is InChI=1S/C19H25N3O3/c1-13-6-8-15(9-7-13)11-20-16(23)12-22-17(24)19(21-18(22)25)10-4-3-5-14(19)2/h6-9,14H,3-5,10-12H2,1-2H3,(H,20,23)(H,21,25)/t14-,19-/m1/s1. The van der Waals surface area contributed by atoms with Crippen LogP contribution in [0.1, 0.15) is 43.7 Å². The van der Waals surface area contributed by atoms with Gasteiger partial charge in [0.05, 0.1) is 0 Å². The number of nitrogens with one attached hydrogen (secondary N) is 2. The first-order valence-electron chi connectivity index (χ1n) is 8.89. The Morgan fingerprint density at radius 1 is 1.28 bits per heavy atom. The Morgan fingerprint density at radius 2 is 2.00 bits per heavy atom. The van der Waals surface area contributed by atoms with Crippen LogP contribution in [0, 0.1) is 12.8 Å². The predicted octanol–water partition coefficient (Wildman–Crippen LogP) is 2.11. The third-order valence-electron chi connectivity index (χ3n) is 5.41. The van der Waals surface area contributed by atoms with E-state index in [-0.39, 0.29) is 24.3 Å². The number of hydrogen-bond donors (Lipinski definition) is 2. The Labute approximate surface area is 148 Å². The zero-order chi connectivity index (χ0) is 18.0. The molecular formula is C19H25N3O3. The summed E-state index contributed by atoms with van der Waals surface area (Å²) in [5.74, 6) is -0.488. The second kappa shape index (κ2) is 6.86. The Morgan fingerprint density at radius 3 is 2.68 bits per heavy atom. The van der Waals surface area contributed by atoms with E-state index >= 15 is 0 Å². The maximum atomic E-state index is 12.8. The number of imide groups is 1. The van der Waals surface area contributed by atoms with Gasteiger partial charge in [0.25, 0.3) is 5.91 Å². The normalized spacial score (nSPS) is 26.0. The van der Waals surface area contributed by atoms with Crippen LogP contribution in [-0.2, 0) is 16.1 Å². The molecule has 2 N–H and O–H groups in total. The van der Waals surface area contributed by atoms with Crippen molar-refractivity contribution in [1.29, 1.82) is 0 Å². The molecule has 6 nitrogen and oxygen atoms in total. The van der Waals surface area contributed by atoms with Gasteiger partial charge < -0.3 is 10.6 Å². The lowest BCUT2D eigenvalue weighted by Gasteiger charge is -2.36. The van der Waals surface area contributed by atoms with Gasteiger partial charge in [0.2, 0.25) is 5.91 Å². The summed E-state index contributed by atoms with van der Waals surface area (Å²) in [4.78, 5) is 38.3. The van der Waals surface area contributed by atoms with Crippen molar-refractivity contribution in [2.75, 3.05) is 6.54 Å². The Balaban J connectivity index is 1.60. The molecule has 2 atom stereocenters. The van der Waals surface area contributed by atoms with Crippen LogP contribution in [0.2, 0.25) is 0 Å². The lowest BCUT2D eigenvalue weighted by Crippen LogP contribution is -2.54. The summed E-state index contributed by atoms with van der Waals surface area (Å²) >= 11 is 0. The summed E-state index contributed by atoms with van der Waals surface area (Å²) in [6.07, 6.45) is 3.56. The fourth-order valence-corrected chi connectivity index (χ4v) is 3.75. The predicted molar refractivity (Wildman–Crippen MR) is 93.6 cm³/mol. The number of benzene rings is 1. The zero-order valence-corrected chi connectivity index (χ0v) is 14.8. The van der Waals surface area contributed by atoms with Crippen LogP contribution in [0.3, 0.4) is 0 Å². The quantitative estimate of drug-likeness (QED) is 0.822. The first kappa shape index (κ1) is 17.5. The molecule has 4 amide bonds. The van der Waals surface area contributed by atoms with E-state index in [2.05, 4.69) is 10.6 Å². The van der Waals surface area contributed by atoms with Crippen LogP contribution >= 0.6 is 0 Å². The average Bonchev–Trinajstić information content (AvgIpc) is 2.82. The molecule has 3 rings (SSSR count). The number of hydrogen-bond acceptors (Lipinski definition) is 3. The molecule has 1 aliphatic carbocycles. The van der Waals surface area contributed by atoms with Crippen molar-refractivity contribution < 1.29 is 14.4 Å². The van der Waals surface area contributed by atoms with Gasteiger partial charge in [-0.2, -0.15) is 0 Å². The molecule has 1 aliphatic heterocycles. The molecule has 1 saturated carbocycles. The molecule has 1 heterocycles. The summed E-state index contributed by atoms with van der Waals surface area (Å²) in [6, 6.07) is 7.40. The minimum Gasteiger partial charge on any atom is -0.350 e. The van der Waals surface area contributed by atoms with Gasteiger partial charge in [-0.3, -0.25) is 14.5 Å². The minimum absolute atomic E-state index is 0.0957. The van der Waals surface area contributed by atoms with E-state index in [1.807, 2.05) is 38.1 Å². The Hall–Kier alpha value is -2.37. The number of carbonyl (C=O) groups is 3. The summed E-state index contributed by atoms with van der Waals surface area (Å²) < 4.78 is 0. The Kier molecular flexibility index (Phi) is 4.79. The van der Waals surface area contributed by atoms with Gasteiger partial charge in [0.1, 0.15) is 12.1 Å². The van der Waals surface area contributed by atoms with E-state index in [4.69, 9.17) is 0 Å². The van der Waals surface area contributed by atoms with Gasteiger partial charge in [-0.15, -0.1) is 0 Å². The van der Waals surface area contributed by atoms with Gasteiger partial charge in [0.15, 0.2) is 0 Å². The van der Waals surface area contributed by atoms with Crippen LogP contribution in [0.25, 0.3) is 0 Å². The van der Waals surface area contributed by atoms with Crippen LogP contribution in [0.5, 0.6) is 0 Å². The van der Waals surface area contributed by atoms with Crippen molar-refractivity contribution in [3.05, 3.63) is 35.4 Å². The molecule has 0 aromatic heterocycles. The number of carbonyl (C=O) groups excluding carboxylic acids is 3. The summed E-state index contributed by atoms with van der Waals surface area (Å²) in [5.41, 5.74) is 1.32. The molecule has 1 saturated heterocycles. The SMILES string of the molecule is Cc1ccc(CNC(=O)CN2C(=O)N[C@@]3(CCCC[C@H]3C)C2=O)cc1. The summed E-state index contributed by atoms with van der Waals surface area (Å²) in [5, 5.41) is 5.64. The molecule has 2 aliphatic rings. The number of amides is 4. The molecule has 2 fully saturated rings. The monoisotopic (exact) mass is 343 g/mol. The van der Waals surface area contributed by atoms with E-state index in [9.17, 15) is 14.4 Å². The topological polar surface area (TPSA) is 78.5 Å². The zero-order valence-electron chi connectivity index (χ0n) is 14.8. The number of aryl methyl sites for hydroxylation is 1. The second-order valence-corrected chi connectivity index (χ2v) is 7.20. The van der Waals surface area contributed by atoms with E-state index < -0.39 is 11.6 Å². The molecule has 1 aromatic carbocycles. The summed E-state index contributed by atoms with van der Waals surface area (Å²) in [7, 11) is 0. The lowest BCUT2D eigenvalue weighted by molar-refractivity contribution is -0.137.